The monoisotopic (exact) mass is 348 g/mol. The molecule has 3 heterocycles. The lowest BCUT2D eigenvalue weighted by molar-refractivity contribution is 0.102. The zero-order valence-corrected chi connectivity index (χ0v) is 13.7. The molecule has 25 heavy (non-hydrogen) atoms. The number of carbonyl (C=O) groups is 1. The average Bonchev–Trinajstić information content (AvgIpc) is 3.35. The molecule has 0 aliphatic carbocycles. The summed E-state index contributed by atoms with van der Waals surface area (Å²) in [5.41, 5.74) is 2.37. The molecule has 1 aromatic carbocycles. The molecular weight excluding hydrogens is 336 g/mol. The minimum absolute atomic E-state index is 0.310. The number of hydrogen-bond donors (Lipinski definition) is 2. The Hall–Kier alpha value is -3.39. The second-order valence-corrected chi connectivity index (χ2v) is 5.98. The van der Waals surface area contributed by atoms with Crippen LogP contribution in [0.3, 0.4) is 0 Å². The molecule has 0 unspecified atom stereocenters. The van der Waals surface area contributed by atoms with Crippen molar-refractivity contribution in [2.75, 3.05) is 5.32 Å². The highest BCUT2D eigenvalue weighted by Crippen LogP contribution is 2.21. The number of carbonyl (C=O) groups excluding carboxylic acids is 1. The van der Waals surface area contributed by atoms with Crippen LogP contribution in [-0.4, -0.2) is 31.1 Å². The maximum absolute atomic E-state index is 12.3. The van der Waals surface area contributed by atoms with E-state index < -0.39 is 0 Å². The van der Waals surface area contributed by atoms with Gasteiger partial charge in [-0.25, -0.2) is 15.0 Å². The summed E-state index contributed by atoms with van der Waals surface area (Å²) in [6.07, 6.45) is 3.13. The van der Waals surface area contributed by atoms with Crippen molar-refractivity contribution in [1.82, 2.24) is 25.1 Å². The lowest BCUT2D eigenvalue weighted by Gasteiger charge is -2.04. The summed E-state index contributed by atoms with van der Waals surface area (Å²) >= 11 is 1.32. The standard InChI is InChI=1S/C17H12N6OS/c24-16(13-9-25-17(21-13)15-19-10-20-23-15)22-14-7-6-12(8-18-14)11-4-2-1-3-5-11/h1-10H,(H,18,22,24)(H,19,20,23). The molecule has 0 bridgehead atoms. The van der Waals surface area contributed by atoms with E-state index in [-0.39, 0.29) is 5.91 Å². The zero-order chi connectivity index (χ0) is 17.1. The van der Waals surface area contributed by atoms with E-state index in [9.17, 15) is 4.79 Å². The highest BCUT2D eigenvalue weighted by molar-refractivity contribution is 7.13. The van der Waals surface area contributed by atoms with Crippen molar-refractivity contribution < 1.29 is 4.79 Å². The molecule has 0 radical (unpaired) electrons. The predicted octanol–water partition coefficient (Wildman–Crippen LogP) is 3.24. The van der Waals surface area contributed by atoms with E-state index in [1.165, 1.54) is 17.7 Å². The van der Waals surface area contributed by atoms with Crippen LogP contribution in [0.4, 0.5) is 5.82 Å². The minimum atomic E-state index is -0.318. The number of rotatable bonds is 4. The molecular formula is C17H12N6OS. The topological polar surface area (TPSA) is 96.5 Å². The number of nitrogens with one attached hydrogen (secondary N) is 2. The van der Waals surface area contributed by atoms with Crippen molar-refractivity contribution in [1.29, 1.82) is 0 Å². The van der Waals surface area contributed by atoms with Gasteiger partial charge in [-0.2, -0.15) is 5.10 Å². The largest absolute Gasteiger partial charge is 0.305 e. The Labute approximate surface area is 146 Å². The van der Waals surface area contributed by atoms with Crippen LogP contribution >= 0.6 is 11.3 Å². The van der Waals surface area contributed by atoms with Crippen molar-refractivity contribution in [3.8, 4) is 22.0 Å². The van der Waals surface area contributed by atoms with E-state index >= 15 is 0 Å². The van der Waals surface area contributed by atoms with Gasteiger partial charge in [-0.3, -0.25) is 9.89 Å². The second-order valence-electron chi connectivity index (χ2n) is 5.12. The number of hydrogen-bond acceptors (Lipinski definition) is 6. The molecule has 2 N–H and O–H groups in total. The first-order chi connectivity index (χ1) is 12.3. The first-order valence-electron chi connectivity index (χ1n) is 7.44. The van der Waals surface area contributed by atoms with Gasteiger partial charge in [-0.1, -0.05) is 30.3 Å². The number of anilines is 1. The van der Waals surface area contributed by atoms with Gasteiger partial charge in [0, 0.05) is 17.1 Å². The van der Waals surface area contributed by atoms with E-state index in [0.29, 0.717) is 22.3 Å². The third-order valence-electron chi connectivity index (χ3n) is 3.47. The smallest absolute Gasteiger partial charge is 0.276 e. The van der Waals surface area contributed by atoms with E-state index in [1.54, 1.807) is 17.6 Å². The molecule has 7 nitrogen and oxygen atoms in total. The van der Waals surface area contributed by atoms with Gasteiger partial charge in [0.25, 0.3) is 5.91 Å². The number of benzene rings is 1. The zero-order valence-electron chi connectivity index (χ0n) is 12.9. The van der Waals surface area contributed by atoms with Crippen LogP contribution in [0, 0.1) is 0 Å². The number of pyridine rings is 1. The second kappa shape index (κ2) is 6.62. The first-order valence-corrected chi connectivity index (χ1v) is 8.31. The van der Waals surface area contributed by atoms with Gasteiger partial charge in [-0.15, -0.1) is 11.3 Å². The molecule has 1 amide bonds. The summed E-state index contributed by atoms with van der Waals surface area (Å²) in [7, 11) is 0. The summed E-state index contributed by atoms with van der Waals surface area (Å²) in [5.74, 6) is 0.690. The SMILES string of the molecule is O=C(Nc1ccc(-c2ccccc2)cn1)c1csc(-c2ncn[nH]2)n1. The summed E-state index contributed by atoms with van der Waals surface area (Å²) in [6, 6.07) is 13.6. The van der Waals surface area contributed by atoms with Gasteiger partial charge >= 0.3 is 0 Å². The molecule has 0 atom stereocenters. The van der Waals surface area contributed by atoms with Crippen LogP contribution in [-0.2, 0) is 0 Å². The van der Waals surface area contributed by atoms with Crippen molar-refractivity contribution in [2.24, 2.45) is 0 Å². The lowest BCUT2D eigenvalue weighted by atomic mass is 10.1. The molecule has 0 aliphatic rings. The maximum Gasteiger partial charge on any atom is 0.276 e. The number of thiazole rings is 1. The number of H-pyrrole nitrogens is 1. The van der Waals surface area contributed by atoms with Crippen LogP contribution in [0.2, 0.25) is 0 Å². The Bertz CT molecular complexity index is 980. The average molecular weight is 348 g/mol. The summed E-state index contributed by atoms with van der Waals surface area (Å²) in [4.78, 5) is 24.9. The van der Waals surface area contributed by atoms with Crippen LogP contribution in [0.15, 0.2) is 60.4 Å². The van der Waals surface area contributed by atoms with Crippen LogP contribution < -0.4 is 5.32 Å². The Morgan fingerprint density at radius 2 is 1.92 bits per heavy atom. The van der Waals surface area contributed by atoms with E-state index in [2.05, 4.69) is 30.5 Å². The van der Waals surface area contributed by atoms with E-state index in [4.69, 9.17) is 0 Å². The van der Waals surface area contributed by atoms with Gasteiger partial charge < -0.3 is 5.32 Å². The Kier molecular flexibility index (Phi) is 4.01. The molecule has 0 fully saturated rings. The Morgan fingerprint density at radius 1 is 1.04 bits per heavy atom. The molecule has 0 saturated carbocycles. The number of aromatic amines is 1. The van der Waals surface area contributed by atoms with Crippen molar-refractivity contribution in [3.63, 3.8) is 0 Å². The predicted molar refractivity (Wildman–Crippen MR) is 95.1 cm³/mol. The van der Waals surface area contributed by atoms with Crippen LogP contribution in [0.5, 0.6) is 0 Å². The highest BCUT2D eigenvalue weighted by atomic mass is 32.1. The van der Waals surface area contributed by atoms with Gasteiger partial charge in [0.2, 0.25) is 0 Å². The van der Waals surface area contributed by atoms with Gasteiger partial charge in [0.05, 0.1) is 0 Å². The maximum atomic E-state index is 12.3. The molecule has 122 valence electrons. The van der Waals surface area contributed by atoms with Crippen molar-refractivity contribution in [3.05, 3.63) is 66.1 Å². The highest BCUT2D eigenvalue weighted by Gasteiger charge is 2.14. The van der Waals surface area contributed by atoms with Gasteiger partial charge in [0.1, 0.15) is 17.8 Å². The number of nitrogens with zero attached hydrogens (tertiary/aromatic N) is 4. The van der Waals surface area contributed by atoms with Gasteiger partial charge in [0.15, 0.2) is 10.8 Å². The van der Waals surface area contributed by atoms with E-state index in [1.807, 2.05) is 36.4 Å². The molecule has 0 spiro atoms. The summed E-state index contributed by atoms with van der Waals surface area (Å²) < 4.78 is 0. The summed E-state index contributed by atoms with van der Waals surface area (Å²) in [5, 5.41) is 11.5. The summed E-state index contributed by atoms with van der Waals surface area (Å²) in [6.45, 7) is 0. The first kappa shape index (κ1) is 15.2. The Balaban J connectivity index is 1.48. The Morgan fingerprint density at radius 3 is 2.64 bits per heavy atom. The van der Waals surface area contributed by atoms with E-state index in [0.717, 1.165) is 11.1 Å². The van der Waals surface area contributed by atoms with Gasteiger partial charge in [-0.05, 0) is 17.7 Å². The molecule has 8 heteroatoms. The van der Waals surface area contributed by atoms with Crippen molar-refractivity contribution in [2.45, 2.75) is 0 Å². The van der Waals surface area contributed by atoms with Crippen LogP contribution in [0.1, 0.15) is 10.5 Å². The fraction of sp³-hybridized carbons (Fsp3) is 0. The number of amides is 1. The van der Waals surface area contributed by atoms with Crippen molar-refractivity contribution >= 4 is 23.1 Å². The molecule has 0 aliphatic heterocycles. The molecule has 4 rings (SSSR count). The third kappa shape index (κ3) is 3.29. The quantitative estimate of drug-likeness (QED) is 0.590. The molecule has 0 saturated heterocycles. The van der Waals surface area contributed by atoms with Crippen LogP contribution in [0.25, 0.3) is 22.0 Å². The minimum Gasteiger partial charge on any atom is -0.305 e. The normalized spacial score (nSPS) is 10.6. The number of aromatic nitrogens is 5. The fourth-order valence-corrected chi connectivity index (χ4v) is 2.99. The lowest BCUT2D eigenvalue weighted by Crippen LogP contribution is -2.13. The third-order valence-corrected chi connectivity index (χ3v) is 4.32. The molecule has 3 aromatic heterocycles. The molecule has 4 aromatic rings. The fourth-order valence-electron chi connectivity index (χ4n) is 2.24.